The molecule has 3 heterocycles. The van der Waals surface area contributed by atoms with Crippen LogP contribution in [0.1, 0.15) is 33.1 Å². The topological polar surface area (TPSA) is 40.6 Å². The van der Waals surface area contributed by atoms with E-state index in [1.165, 1.54) is 0 Å². The van der Waals surface area contributed by atoms with Gasteiger partial charge in [0.1, 0.15) is 6.04 Å². The molecule has 4 rings (SSSR count). The number of amides is 2. The molecule has 0 aliphatic carbocycles. The molecule has 3 aliphatic heterocycles. The average molecular weight is 363 g/mol. The Kier molecular flexibility index (Phi) is 4.07. The highest BCUT2D eigenvalue weighted by Crippen LogP contribution is 2.48. The zero-order chi connectivity index (χ0) is 16.9. The number of rotatable bonds is 1. The molecule has 128 valence electrons. The second kappa shape index (κ2) is 5.99. The monoisotopic (exact) mass is 362 g/mol. The number of benzene rings is 1. The molecule has 3 aliphatic rings. The number of carbonyl (C=O) groups is 2. The van der Waals surface area contributed by atoms with Crippen LogP contribution in [0.3, 0.4) is 0 Å². The van der Waals surface area contributed by atoms with Crippen LogP contribution < -0.4 is 4.90 Å². The molecule has 6 heteroatoms. The summed E-state index contributed by atoms with van der Waals surface area (Å²) in [4.78, 5) is 30.5. The number of hydrogen-bond acceptors (Lipinski definition) is 4. The van der Waals surface area contributed by atoms with Gasteiger partial charge >= 0.3 is 0 Å². The Balaban J connectivity index is 1.66. The molecular formula is C18H22N2O2S2. The van der Waals surface area contributed by atoms with E-state index >= 15 is 0 Å². The summed E-state index contributed by atoms with van der Waals surface area (Å²) < 4.78 is 0. The van der Waals surface area contributed by atoms with E-state index in [-0.39, 0.29) is 22.7 Å². The maximum Gasteiger partial charge on any atom is 0.250 e. The first-order chi connectivity index (χ1) is 11.5. The summed E-state index contributed by atoms with van der Waals surface area (Å²) in [6, 6.07) is 7.83. The zero-order valence-corrected chi connectivity index (χ0v) is 15.7. The zero-order valence-electron chi connectivity index (χ0n) is 14.0. The summed E-state index contributed by atoms with van der Waals surface area (Å²) in [5, 5.41) is 0.487. The van der Waals surface area contributed by atoms with Crippen molar-refractivity contribution < 1.29 is 9.59 Å². The summed E-state index contributed by atoms with van der Waals surface area (Å²) in [6.45, 7) is 5.04. The number of para-hydroxylation sites is 1. The van der Waals surface area contributed by atoms with Crippen LogP contribution in [0.25, 0.3) is 0 Å². The van der Waals surface area contributed by atoms with Gasteiger partial charge in [-0.2, -0.15) is 0 Å². The Bertz CT molecular complexity index is 695. The number of hydrogen-bond donors (Lipinski definition) is 0. The molecule has 0 radical (unpaired) electrons. The average Bonchev–Trinajstić information content (AvgIpc) is 2.98. The lowest BCUT2D eigenvalue weighted by Gasteiger charge is -2.33. The normalized spacial score (nSPS) is 32.5. The summed E-state index contributed by atoms with van der Waals surface area (Å²) in [5.74, 6) is 0.929. The third-order valence-corrected chi connectivity index (χ3v) is 7.98. The Hall–Kier alpha value is -1.14. The van der Waals surface area contributed by atoms with Gasteiger partial charge in [-0.1, -0.05) is 19.1 Å². The number of anilines is 1. The maximum atomic E-state index is 13.4. The van der Waals surface area contributed by atoms with Crippen LogP contribution in [0.15, 0.2) is 29.2 Å². The molecule has 3 atom stereocenters. The Labute approximate surface area is 151 Å². The van der Waals surface area contributed by atoms with Crippen molar-refractivity contribution in [1.29, 1.82) is 0 Å². The van der Waals surface area contributed by atoms with Gasteiger partial charge in [-0.15, -0.1) is 23.5 Å². The molecule has 0 spiro atoms. The van der Waals surface area contributed by atoms with Gasteiger partial charge in [0.05, 0.1) is 10.6 Å². The summed E-state index contributed by atoms with van der Waals surface area (Å²) >= 11 is 3.59. The number of fused-ring (bicyclic) bond motifs is 2. The molecule has 2 amide bonds. The fraction of sp³-hybridized carbons (Fsp3) is 0.556. The predicted molar refractivity (Wildman–Crippen MR) is 99.5 cm³/mol. The van der Waals surface area contributed by atoms with Gasteiger partial charge < -0.3 is 9.80 Å². The molecule has 0 bridgehead atoms. The van der Waals surface area contributed by atoms with Crippen molar-refractivity contribution in [2.45, 2.75) is 54.2 Å². The van der Waals surface area contributed by atoms with E-state index in [4.69, 9.17) is 0 Å². The Morgan fingerprint density at radius 3 is 2.96 bits per heavy atom. The van der Waals surface area contributed by atoms with Crippen LogP contribution in [0, 0.1) is 0 Å². The standard InChI is InChI=1S/C18H22N2O2S2/c1-12-8-10-19(13-5-3-4-6-15(13)24-12)17(22)14-11-23-18(2)9-7-16(21)20(14)18/h3-6,12,14H,7-11H2,1-2H3. The highest BCUT2D eigenvalue weighted by atomic mass is 32.2. The quantitative estimate of drug-likeness (QED) is 0.768. The summed E-state index contributed by atoms with van der Waals surface area (Å²) in [7, 11) is 0. The molecule has 1 aromatic carbocycles. The van der Waals surface area contributed by atoms with Gasteiger partial charge in [-0.05, 0) is 31.9 Å². The van der Waals surface area contributed by atoms with Crippen molar-refractivity contribution >= 4 is 41.0 Å². The van der Waals surface area contributed by atoms with Crippen molar-refractivity contribution in [1.82, 2.24) is 4.90 Å². The molecule has 4 nitrogen and oxygen atoms in total. The second-order valence-corrected chi connectivity index (χ2v) is 9.92. The van der Waals surface area contributed by atoms with E-state index in [1.54, 1.807) is 11.8 Å². The number of thioether (sulfide) groups is 2. The first-order valence-corrected chi connectivity index (χ1v) is 10.4. The van der Waals surface area contributed by atoms with Crippen molar-refractivity contribution in [2.75, 3.05) is 17.2 Å². The second-order valence-electron chi connectivity index (χ2n) is 6.94. The highest BCUT2D eigenvalue weighted by Gasteiger charge is 2.53. The lowest BCUT2D eigenvalue weighted by atomic mass is 10.1. The van der Waals surface area contributed by atoms with Crippen LogP contribution in [-0.4, -0.2) is 45.2 Å². The molecule has 3 unspecified atom stereocenters. The minimum atomic E-state index is -0.318. The van der Waals surface area contributed by atoms with E-state index < -0.39 is 0 Å². The molecule has 1 aromatic rings. The molecule has 2 fully saturated rings. The number of carbonyl (C=O) groups excluding carboxylic acids is 2. The number of nitrogens with zero attached hydrogens (tertiary/aromatic N) is 2. The minimum absolute atomic E-state index is 0.0867. The molecule has 24 heavy (non-hydrogen) atoms. The Morgan fingerprint density at radius 1 is 1.33 bits per heavy atom. The van der Waals surface area contributed by atoms with Gasteiger partial charge in [-0.3, -0.25) is 9.59 Å². The van der Waals surface area contributed by atoms with E-state index in [0.717, 1.165) is 30.0 Å². The van der Waals surface area contributed by atoms with Crippen molar-refractivity contribution in [3.05, 3.63) is 24.3 Å². The van der Waals surface area contributed by atoms with Crippen LogP contribution in [0.4, 0.5) is 5.69 Å². The first-order valence-electron chi connectivity index (χ1n) is 8.53. The van der Waals surface area contributed by atoms with E-state index in [9.17, 15) is 9.59 Å². The lowest BCUT2D eigenvalue weighted by Crippen LogP contribution is -2.51. The van der Waals surface area contributed by atoms with Crippen molar-refractivity contribution in [3.8, 4) is 0 Å². The fourth-order valence-electron chi connectivity index (χ4n) is 3.90. The van der Waals surface area contributed by atoms with Gasteiger partial charge in [-0.25, -0.2) is 0 Å². The van der Waals surface area contributed by atoms with E-state index in [2.05, 4.69) is 19.9 Å². The summed E-state index contributed by atoms with van der Waals surface area (Å²) in [5.41, 5.74) is 1.00. The molecule has 0 saturated carbocycles. The fourth-order valence-corrected chi connectivity index (χ4v) is 6.44. The predicted octanol–water partition coefficient (Wildman–Crippen LogP) is 3.36. The van der Waals surface area contributed by atoms with E-state index in [0.29, 0.717) is 17.4 Å². The SMILES string of the molecule is CC1CCN(C(=O)C2CSC3(C)CCC(=O)N23)c2ccccc2S1. The minimum Gasteiger partial charge on any atom is -0.315 e. The van der Waals surface area contributed by atoms with Crippen LogP contribution in [0.5, 0.6) is 0 Å². The molecular weight excluding hydrogens is 340 g/mol. The summed E-state index contributed by atoms with van der Waals surface area (Å²) in [6.07, 6.45) is 2.39. The third kappa shape index (κ3) is 2.54. The molecule has 2 saturated heterocycles. The van der Waals surface area contributed by atoms with Crippen LogP contribution in [0.2, 0.25) is 0 Å². The van der Waals surface area contributed by atoms with Crippen LogP contribution >= 0.6 is 23.5 Å². The van der Waals surface area contributed by atoms with Crippen molar-refractivity contribution in [3.63, 3.8) is 0 Å². The van der Waals surface area contributed by atoms with E-state index in [1.807, 2.05) is 39.8 Å². The van der Waals surface area contributed by atoms with Gasteiger partial charge in [0.25, 0.3) is 5.91 Å². The first kappa shape index (κ1) is 16.3. The Morgan fingerprint density at radius 2 is 2.12 bits per heavy atom. The van der Waals surface area contributed by atoms with Gasteiger partial charge in [0.2, 0.25) is 5.91 Å². The largest absolute Gasteiger partial charge is 0.315 e. The van der Waals surface area contributed by atoms with Gasteiger partial charge in [0, 0.05) is 28.9 Å². The molecule has 0 aromatic heterocycles. The van der Waals surface area contributed by atoms with Crippen LogP contribution in [-0.2, 0) is 9.59 Å². The molecule has 0 N–H and O–H groups in total. The maximum absolute atomic E-state index is 13.4. The third-order valence-electron chi connectivity index (χ3n) is 5.24. The van der Waals surface area contributed by atoms with Gasteiger partial charge in [0.15, 0.2) is 0 Å². The smallest absolute Gasteiger partial charge is 0.250 e. The van der Waals surface area contributed by atoms with Crippen molar-refractivity contribution in [2.24, 2.45) is 0 Å². The lowest BCUT2D eigenvalue weighted by molar-refractivity contribution is -0.136. The highest BCUT2D eigenvalue weighted by molar-refractivity contribution is 8.01.